The largest absolute Gasteiger partial charge is 0.389 e. The summed E-state index contributed by atoms with van der Waals surface area (Å²) >= 11 is 0. The number of hydrogen-bond donors (Lipinski definition) is 2. The zero-order chi connectivity index (χ0) is 8.55. The Hall–Kier alpha value is -1.28. The molecule has 0 aliphatic rings. The fourth-order valence-corrected chi connectivity index (χ4v) is 1.33. The first kappa shape index (κ1) is 7.37. The maximum absolute atomic E-state index is 9.31. The first-order valence-corrected chi connectivity index (χ1v) is 4.02. The van der Waals surface area contributed by atoms with Crippen molar-refractivity contribution in [2.45, 2.75) is 13.0 Å². The number of aliphatic hydroxyl groups is 1. The molecule has 2 rings (SSSR count). The molecule has 0 aliphatic carbocycles. The van der Waals surface area contributed by atoms with Gasteiger partial charge in [0.15, 0.2) is 0 Å². The van der Waals surface area contributed by atoms with Crippen LogP contribution in [0.3, 0.4) is 0 Å². The third-order valence-corrected chi connectivity index (χ3v) is 2.06. The number of rotatable bonds is 1. The number of aliphatic hydroxyl groups excluding tert-OH is 1. The lowest BCUT2D eigenvalue weighted by molar-refractivity contribution is 0.199. The van der Waals surface area contributed by atoms with Gasteiger partial charge in [-0.15, -0.1) is 0 Å². The maximum atomic E-state index is 9.31. The highest BCUT2D eigenvalue weighted by molar-refractivity contribution is 5.79. The van der Waals surface area contributed by atoms with Gasteiger partial charge in [-0.25, -0.2) is 0 Å². The Balaban J connectivity index is 2.60. The van der Waals surface area contributed by atoms with Gasteiger partial charge in [-0.3, -0.25) is 0 Å². The van der Waals surface area contributed by atoms with Crippen molar-refractivity contribution in [1.82, 2.24) is 4.98 Å². The van der Waals surface area contributed by atoms with Crippen LogP contribution < -0.4 is 0 Å². The molecule has 0 amide bonds. The molecule has 0 saturated heterocycles. The lowest BCUT2D eigenvalue weighted by Crippen LogP contribution is -1.89. The van der Waals surface area contributed by atoms with Crippen molar-refractivity contribution in [1.29, 1.82) is 0 Å². The summed E-state index contributed by atoms with van der Waals surface area (Å²) in [6.07, 6.45) is 1.51. The molecule has 2 nitrogen and oxygen atoms in total. The van der Waals surface area contributed by atoms with Crippen LogP contribution in [0.25, 0.3) is 10.9 Å². The van der Waals surface area contributed by atoms with Gasteiger partial charge in [0.05, 0.1) is 6.10 Å². The normalized spacial score (nSPS) is 13.5. The topological polar surface area (TPSA) is 36.0 Å². The summed E-state index contributed by atoms with van der Waals surface area (Å²) < 4.78 is 0. The quantitative estimate of drug-likeness (QED) is 0.661. The number of aromatic nitrogens is 1. The lowest BCUT2D eigenvalue weighted by atomic mass is 10.1. The van der Waals surface area contributed by atoms with Gasteiger partial charge >= 0.3 is 0 Å². The second kappa shape index (κ2) is 2.64. The zero-order valence-electron chi connectivity index (χ0n) is 6.91. The summed E-state index contributed by atoms with van der Waals surface area (Å²) in [4.78, 5) is 3.10. The molecule has 2 heteroatoms. The van der Waals surface area contributed by atoms with Crippen LogP contribution in [0.15, 0.2) is 30.5 Å². The molecule has 1 aromatic carbocycles. The van der Waals surface area contributed by atoms with Crippen molar-refractivity contribution in [3.05, 3.63) is 36.0 Å². The zero-order valence-corrected chi connectivity index (χ0v) is 6.91. The first-order valence-electron chi connectivity index (χ1n) is 4.02. The van der Waals surface area contributed by atoms with Crippen LogP contribution in [0.5, 0.6) is 0 Å². The van der Waals surface area contributed by atoms with E-state index in [4.69, 9.17) is 0 Å². The Kier molecular flexibility index (Phi) is 1.62. The summed E-state index contributed by atoms with van der Waals surface area (Å²) in [7, 11) is 0. The van der Waals surface area contributed by atoms with E-state index in [-0.39, 0.29) is 0 Å². The van der Waals surface area contributed by atoms with E-state index >= 15 is 0 Å². The van der Waals surface area contributed by atoms with Gasteiger partial charge in [0.25, 0.3) is 0 Å². The van der Waals surface area contributed by atoms with Crippen LogP contribution in [0.2, 0.25) is 0 Å². The van der Waals surface area contributed by atoms with Crippen LogP contribution in [0.4, 0.5) is 0 Å². The number of benzene rings is 1. The molecule has 0 fully saturated rings. The van der Waals surface area contributed by atoms with E-state index in [0.717, 1.165) is 11.1 Å². The molecule has 0 spiro atoms. The molecular formula is C10H11NO. The third kappa shape index (κ3) is 1.10. The summed E-state index contributed by atoms with van der Waals surface area (Å²) in [5.41, 5.74) is 2.03. The SMILES string of the molecule is C[C@H](O)c1ccc2cc[nH]c2c1. The second-order valence-electron chi connectivity index (χ2n) is 3.00. The number of fused-ring (bicyclic) bond motifs is 1. The smallest absolute Gasteiger partial charge is 0.0762 e. The summed E-state index contributed by atoms with van der Waals surface area (Å²) in [6, 6.07) is 7.94. The van der Waals surface area contributed by atoms with E-state index in [2.05, 4.69) is 4.98 Å². The number of nitrogens with one attached hydrogen (secondary N) is 1. The van der Waals surface area contributed by atoms with Gasteiger partial charge in [-0.05, 0) is 30.0 Å². The van der Waals surface area contributed by atoms with E-state index in [1.165, 1.54) is 5.39 Å². The highest BCUT2D eigenvalue weighted by Crippen LogP contribution is 2.18. The van der Waals surface area contributed by atoms with Crippen LogP contribution in [0, 0.1) is 0 Å². The molecule has 0 bridgehead atoms. The predicted octanol–water partition coefficient (Wildman–Crippen LogP) is 2.22. The maximum Gasteiger partial charge on any atom is 0.0762 e. The molecule has 1 atom stereocenters. The second-order valence-corrected chi connectivity index (χ2v) is 3.00. The average molecular weight is 161 g/mol. The fourth-order valence-electron chi connectivity index (χ4n) is 1.33. The van der Waals surface area contributed by atoms with Crippen molar-refractivity contribution in [3.8, 4) is 0 Å². The summed E-state index contributed by atoms with van der Waals surface area (Å²) in [5.74, 6) is 0. The van der Waals surface area contributed by atoms with Gasteiger partial charge in [-0.1, -0.05) is 12.1 Å². The fraction of sp³-hybridized carbons (Fsp3) is 0.200. The van der Waals surface area contributed by atoms with E-state index < -0.39 is 6.10 Å². The highest BCUT2D eigenvalue weighted by atomic mass is 16.3. The molecule has 2 N–H and O–H groups in total. The van der Waals surface area contributed by atoms with E-state index in [9.17, 15) is 5.11 Å². The van der Waals surface area contributed by atoms with Crippen molar-refractivity contribution in [3.63, 3.8) is 0 Å². The van der Waals surface area contributed by atoms with Crippen LogP contribution in [-0.2, 0) is 0 Å². The summed E-state index contributed by atoms with van der Waals surface area (Å²) in [6.45, 7) is 1.77. The van der Waals surface area contributed by atoms with Gasteiger partial charge in [0.2, 0.25) is 0 Å². The molecule has 1 heterocycles. The lowest BCUT2D eigenvalue weighted by Gasteiger charge is -2.03. The van der Waals surface area contributed by atoms with Gasteiger partial charge in [-0.2, -0.15) is 0 Å². The first-order chi connectivity index (χ1) is 5.77. The molecule has 0 aliphatic heterocycles. The Morgan fingerprint density at radius 1 is 1.33 bits per heavy atom. The van der Waals surface area contributed by atoms with Crippen LogP contribution >= 0.6 is 0 Å². The molecule has 0 radical (unpaired) electrons. The Labute approximate surface area is 70.8 Å². The van der Waals surface area contributed by atoms with Crippen molar-refractivity contribution >= 4 is 10.9 Å². The predicted molar refractivity (Wildman–Crippen MR) is 48.9 cm³/mol. The van der Waals surface area contributed by atoms with Crippen molar-refractivity contribution in [2.24, 2.45) is 0 Å². The summed E-state index contributed by atoms with van der Waals surface area (Å²) in [5, 5.41) is 10.5. The molecule has 62 valence electrons. The third-order valence-electron chi connectivity index (χ3n) is 2.06. The molecule has 12 heavy (non-hydrogen) atoms. The minimum atomic E-state index is -0.391. The standard InChI is InChI=1S/C10H11NO/c1-7(12)9-3-2-8-4-5-11-10(8)6-9/h2-7,11-12H,1H3/t7-/m0/s1. The number of aromatic amines is 1. The van der Waals surface area contributed by atoms with Gasteiger partial charge in [0, 0.05) is 11.7 Å². The van der Waals surface area contributed by atoms with E-state index in [1.807, 2.05) is 30.5 Å². The minimum absolute atomic E-state index is 0.391. The van der Waals surface area contributed by atoms with Gasteiger partial charge in [0.1, 0.15) is 0 Å². The van der Waals surface area contributed by atoms with Crippen molar-refractivity contribution < 1.29 is 5.11 Å². The molecule has 1 aromatic heterocycles. The highest BCUT2D eigenvalue weighted by Gasteiger charge is 2.01. The van der Waals surface area contributed by atoms with Crippen LogP contribution in [0.1, 0.15) is 18.6 Å². The Bertz CT molecular complexity index is 389. The molecule has 0 unspecified atom stereocenters. The van der Waals surface area contributed by atoms with E-state index in [1.54, 1.807) is 6.92 Å². The molecule has 2 aromatic rings. The van der Waals surface area contributed by atoms with Crippen LogP contribution in [-0.4, -0.2) is 10.1 Å². The van der Waals surface area contributed by atoms with E-state index in [0.29, 0.717) is 0 Å². The monoisotopic (exact) mass is 161 g/mol. The Morgan fingerprint density at radius 3 is 2.92 bits per heavy atom. The Morgan fingerprint density at radius 2 is 2.17 bits per heavy atom. The van der Waals surface area contributed by atoms with Crippen molar-refractivity contribution in [2.75, 3.05) is 0 Å². The number of hydrogen-bond acceptors (Lipinski definition) is 1. The van der Waals surface area contributed by atoms with Gasteiger partial charge < -0.3 is 10.1 Å². The minimum Gasteiger partial charge on any atom is -0.389 e. The number of H-pyrrole nitrogens is 1. The average Bonchev–Trinajstić information content (AvgIpc) is 2.49. The molecule has 0 saturated carbocycles. The molecular weight excluding hydrogens is 150 g/mol.